The number of nitro benzene ring substituents is 1. The number of likely N-dealkylation sites (N-methyl/N-ethyl adjacent to an activating group) is 1. The number of nitrogens with one attached hydrogen (secondary N) is 3. The van der Waals surface area contributed by atoms with Crippen LogP contribution in [0.4, 0.5) is 17.1 Å². The molecule has 3 aromatic rings. The number of nitrogens with zero attached hydrogens (tertiary/aromatic N) is 3. The van der Waals surface area contributed by atoms with Gasteiger partial charge in [-0.3, -0.25) is 19.7 Å². The summed E-state index contributed by atoms with van der Waals surface area (Å²) in [4.78, 5) is 41.4. The molecule has 1 aliphatic heterocycles. The lowest BCUT2D eigenvalue weighted by atomic mass is 9.77. The van der Waals surface area contributed by atoms with Crippen molar-refractivity contribution in [1.29, 1.82) is 0 Å². The molecular weight excluding hydrogens is 701 g/mol. The molecule has 1 saturated carbocycles. The van der Waals surface area contributed by atoms with Crippen LogP contribution in [0.1, 0.15) is 68.1 Å². The zero-order valence-electron chi connectivity index (χ0n) is 30.0. The van der Waals surface area contributed by atoms with Crippen LogP contribution in [-0.2, 0) is 14.8 Å². The number of unbranched alkanes of at least 4 members (excludes halogenated alkanes) is 1. The third-order valence-electron chi connectivity index (χ3n) is 10.0. The number of amides is 2. The number of rotatable bonds is 17. The van der Waals surface area contributed by atoms with Gasteiger partial charge in [-0.15, -0.1) is 11.8 Å². The maximum atomic E-state index is 13.3. The summed E-state index contributed by atoms with van der Waals surface area (Å²) in [5.41, 5.74) is 1.44. The lowest BCUT2D eigenvalue weighted by Crippen LogP contribution is -2.38. The molecule has 5 rings (SSSR count). The number of sulfonamides is 1. The Bertz CT molecular complexity index is 1770. The summed E-state index contributed by atoms with van der Waals surface area (Å²) >= 11 is 1.61. The van der Waals surface area contributed by atoms with Crippen molar-refractivity contribution in [3.63, 3.8) is 0 Å². The van der Waals surface area contributed by atoms with Gasteiger partial charge in [0.1, 0.15) is 5.69 Å². The minimum atomic E-state index is -4.42. The lowest BCUT2D eigenvalue weighted by molar-refractivity contribution is -0.384. The second kappa shape index (κ2) is 18.1. The van der Waals surface area contributed by atoms with Crippen LogP contribution in [0.5, 0.6) is 0 Å². The Kier molecular flexibility index (Phi) is 13.6. The van der Waals surface area contributed by atoms with Crippen molar-refractivity contribution >= 4 is 50.7 Å². The molecule has 280 valence electrons. The van der Waals surface area contributed by atoms with Crippen molar-refractivity contribution in [2.24, 2.45) is 5.41 Å². The predicted octanol–water partition coefficient (Wildman–Crippen LogP) is 6.30. The fourth-order valence-electron chi connectivity index (χ4n) is 7.10. The van der Waals surface area contributed by atoms with Gasteiger partial charge >= 0.3 is 0 Å². The van der Waals surface area contributed by atoms with Crippen LogP contribution in [-0.4, -0.2) is 82.1 Å². The third kappa shape index (κ3) is 10.9. The molecule has 1 spiro atoms. The summed E-state index contributed by atoms with van der Waals surface area (Å²) in [7, 11) is -0.759. The maximum Gasteiger partial charge on any atom is 0.293 e. The first kappa shape index (κ1) is 39.1. The zero-order chi connectivity index (χ0) is 37.1. The second-order valence-electron chi connectivity index (χ2n) is 14.2. The molecule has 1 aliphatic carbocycles. The van der Waals surface area contributed by atoms with E-state index in [0.29, 0.717) is 30.7 Å². The van der Waals surface area contributed by atoms with Gasteiger partial charge in [-0.25, -0.2) is 13.1 Å². The van der Waals surface area contributed by atoms with Gasteiger partial charge in [-0.1, -0.05) is 31.0 Å². The fourth-order valence-corrected chi connectivity index (χ4v) is 9.08. The van der Waals surface area contributed by atoms with Crippen LogP contribution < -0.4 is 20.3 Å². The largest absolute Gasteiger partial charge is 0.376 e. The van der Waals surface area contributed by atoms with Crippen LogP contribution in [0.25, 0.3) is 0 Å². The van der Waals surface area contributed by atoms with Gasteiger partial charge in [-0.05, 0) is 113 Å². The van der Waals surface area contributed by atoms with Gasteiger partial charge in [0.25, 0.3) is 21.6 Å². The normalized spacial score (nSPS) is 16.1. The molecule has 14 heteroatoms. The topological polar surface area (TPSA) is 154 Å². The molecule has 12 nitrogen and oxygen atoms in total. The molecular formula is C38H50N6O6S2. The number of carbonyl (C=O) groups excluding carboxylic acids is 2. The minimum absolute atomic E-state index is 0.0522. The molecule has 1 atom stereocenters. The molecule has 2 amide bonds. The molecule has 0 radical (unpaired) electrons. The summed E-state index contributed by atoms with van der Waals surface area (Å²) in [6.45, 7) is 2.76. The Morgan fingerprint density at radius 3 is 2.31 bits per heavy atom. The maximum absolute atomic E-state index is 13.3. The fraction of sp³-hybridized carbons (Fsp3) is 0.474. The Balaban J connectivity index is 1.21. The Hall–Kier alpha value is -4.14. The van der Waals surface area contributed by atoms with Gasteiger partial charge in [0.2, 0.25) is 5.91 Å². The molecule has 2 aliphatic rings. The van der Waals surface area contributed by atoms with Crippen molar-refractivity contribution in [3.8, 4) is 0 Å². The monoisotopic (exact) mass is 750 g/mol. The summed E-state index contributed by atoms with van der Waals surface area (Å²) in [5.74, 6) is -0.263. The molecule has 1 saturated heterocycles. The van der Waals surface area contributed by atoms with Crippen molar-refractivity contribution in [2.75, 3.05) is 56.2 Å². The van der Waals surface area contributed by atoms with Gasteiger partial charge in [0.15, 0.2) is 0 Å². The SMILES string of the molecule is CN(C)CC(=O)NCCCC[C@H](CSc1ccccc1)Nc1ccc(S(=O)(=O)NC(=O)c2ccc(N3CCC4(CCCC4)CC3)cc2)cc1[N+](=O)[O-]. The number of thioether (sulfide) groups is 1. The highest BCUT2D eigenvalue weighted by atomic mass is 32.2. The summed E-state index contributed by atoms with van der Waals surface area (Å²) in [5, 5.41) is 18.4. The Labute approximate surface area is 311 Å². The Morgan fingerprint density at radius 1 is 0.962 bits per heavy atom. The number of hydrogen-bond acceptors (Lipinski definition) is 10. The van der Waals surface area contributed by atoms with Crippen molar-refractivity contribution in [3.05, 3.63) is 88.5 Å². The standard InChI is InChI=1S/C38H50N6O6S2/c1-42(2)27-36(45)39-23-9-6-10-30(28-51-32-11-4-3-5-12-32)40-34-18-17-33(26-35(34)44(47)48)52(49,50)41-37(46)29-13-15-31(16-14-29)43-24-21-38(22-25-43)19-7-8-20-38/h3-5,11-18,26,30,40H,6-10,19-25,27-28H2,1-2H3,(H,39,45)(H,41,46)/t30-/m1/s1. The average molecular weight is 751 g/mol. The highest BCUT2D eigenvalue weighted by Crippen LogP contribution is 2.46. The number of piperidine rings is 1. The number of hydrogen-bond donors (Lipinski definition) is 3. The van der Waals surface area contributed by atoms with E-state index in [4.69, 9.17) is 0 Å². The van der Waals surface area contributed by atoms with Crippen LogP contribution >= 0.6 is 11.8 Å². The van der Waals surface area contributed by atoms with E-state index in [-0.39, 0.29) is 28.1 Å². The lowest BCUT2D eigenvalue weighted by Gasteiger charge is -2.40. The molecule has 3 N–H and O–H groups in total. The molecule has 2 fully saturated rings. The van der Waals surface area contributed by atoms with Gasteiger partial charge < -0.3 is 20.4 Å². The van der Waals surface area contributed by atoms with E-state index in [1.807, 2.05) is 56.6 Å². The highest BCUT2D eigenvalue weighted by Gasteiger charge is 2.37. The van der Waals surface area contributed by atoms with E-state index >= 15 is 0 Å². The van der Waals surface area contributed by atoms with Crippen LogP contribution in [0.3, 0.4) is 0 Å². The first-order chi connectivity index (χ1) is 24.9. The van der Waals surface area contributed by atoms with E-state index in [2.05, 4.69) is 20.3 Å². The summed E-state index contributed by atoms with van der Waals surface area (Å²) in [6, 6.07) is 20.1. The average Bonchev–Trinajstić information content (AvgIpc) is 3.58. The zero-order valence-corrected chi connectivity index (χ0v) is 31.6. The third-order valence-corrected chi connectivity index (χ3v) is 12.5. The van der Waals surface area contributed by atoms with Gasteiger partial charge in [-0.2, -0.15) is 0 Å². The molecule has 1 heterocycles. The molecule has 52 heavy (non-hydrogen) atoms. The predicted molar refractivity (Wildman–Crippen MR) is 207 cm³/mol. The van der Waals surface area contributed by atoms with E-state index < -0.39 is 26.5 Å². The first-order valence-corrected chi connectivity index (χ1v) is 20.5. The van der Waals surface area contributed by atoms with Crippen LogP contribution in [0.15, 0.2) is 82.6 Å². The second-order valence-corrected chi connectivity index (χ2v) is 16.9. The van der Waals surface area contributed by atoms with E-state index in [0.717, 1.165) is 42.6 Å². The van der Waals surface area contributed by atoms with E-state index in [9.17, 15) is 28.1 Å². The number of benzene rings is 3. The van der Waals surface area contributed by atoms with Crippen molar-refractivity contribution in [1.82, 2.24) is 14.9 Å². The van der Waals surface area contributed by atoms with E-state index in [1.54, 1.807) is 28.8 Å². The molecule has 0 aromatic heterocycles. The molecule has 0 bridgehead atoms. The van der Waals surface area contributed by atoms with Crippen LogP contribution in [0, 0.1) is 15.5 Å². The first-order valence-electron chi connectivity index (χ1n) is 18.0. The minimum Gasteiger partial charge on any atom is -0.376 e. The smallest absolute Gasteiger partial charge is 0.293 e. The van der Waals surface area contributed by atoms with Gasteiger partial charge in [0.05, 0.1) is 16.4 Å². The summed E-state index contributed by atoms with van der Waals surface area (Å²) < 4.78 is 28.7. The van der Waals surface area contributed by atoms with E-state index in [1.165, 1.54) is 50.7 Å². The summed E-state index contributed by atoms with van der Waals surface area (Å²) in [6.07, 6.45) is 9.73. The van der Waals surface area contributed by atoms with Crippen molar-refractivity contribution in [2.45, 2.75) is 73.6 Å². The van der Waals surface area contributed by atoms with Gasteiger partial charge in [0, 0.05) is 53.6 Å². The Morgan fingerprint density at radius 2 is 1.65 bits per heavy atom. The molecule has 3 aromatic carbocycles. The quantitative estimate of drug-likeness (QED) is 0.0621. The number of nitro groups is 1. The number of carbonyl (C=O) groups is 2. The van der Waals surface area contributed by atoms with Crippen LogP contribution in [0.2, 0.25) is 0 Å². The highest BCUT2D eigenvalue weighted by molar-refractivity contribution is 7.99. The molecule has 0 unspecified atom stereocenters. The number of anilines is 2. The van der Waals surface area contributed by atoms with Crippen molar-refractivity contribution < 1.29 is 22.9 Å².